The molecule has 0 aromatic heterocycles. The molecule has 0 aliphatic heterocycles. The lowest BCUT2D eigenvalue weighted by atomic mass is 10.1. The number of aliphatic hydroxyl groups is 4. The van der Waals surface area contributed by atoms with Crippen LogP contribution in [-0.2, 0) is 14.6 Å². The predicted octanol–water partition coefficient (Wildman–Crippen LogP) is -2.73. The first-order valence-electron chi connectivity index (χ1n) is 4.05. The molecular formula is C6H14O8S. The van der Waals surface area contributed by atoms with E-state index in [0.717, 1.165) is 0 Å². The molecule has 0 aromatic rings. The van der Waals surface area contributed by atoms with E-state index in [1.54, 1.807) is 0 Å². The molecule has 0 aromatic carbocycles. The van der Waals surface area contributed by atoms with Gasteiger partial charge >= 0.3 is 10.4 Å². The van der Waals surface area contributed by atoms with Gasteiger partial charge in [-0.25, -0.2) is 4.18 Å². The highest BCUT2D eigenvalue weighted by molar-refractivity contribution is 7.80. The van der Waals surface area contributed by atoms with Crippen LogP contribution in [-0.4, -0.2) is 64.9 Å². The van der Waals surface area contributed by atoms with E-state index in [1.807, 2.05) is 0 Å². The van der Waals surface area contributed by atoms with E-state index in [4.69, 9.17) is 19.9 Å². The maximum atomic E-state index is 10.3. The summed E-state index contributed by atoms with van der Waals surface area (Å²) in [5, 5.41) is 35.5. The van der Waals surface area contributed by atoms with Crippen molar-refractivity contribution in [3.05, 3.63) is 0 Å². The summed E-state index contributed by atoms with van der Waals surface area (Å²) in [5.41, 5.74) is 0. The zero-order valence-corrected chi connectivity index (χ0v) is 8.54. The molecule has 15 heavy (non-hydrogen) atoms. The smallest absolute Gasteiger partial charge is 0.396 e. The van der Waals surface area contributed by atoms with Crippen LogP contribution in [0.3, 0.4) is 0 Å². The molecule has 92 valence electrons. The van der Waals surface area contributed by atoms with E-state index in [0.29, 0.717) is 0 Å². The van der Waals surface area contributed by atoms with Gasteiger partial charge in [-0.2, -0.15) is 8.42 Å². The first kappa shape index (κ1) is 14.7. The predicted molar refractivity (Wildman–Crippen MR) is 47.2 cm³/mol. The zero-order chi connectivity index (χ0) is 12.1. The lowest BCUT2D eigenvalue weighted by Crippen LogP contribution is -2.42. The third-order valence-electron chi connectivity index (χ3n) is 1.63. The summed E-state index contributed by atoms with van der Waals surface area (Å²) < 4.78 is 32.7. The third-order valence-corrected chi connectivity index (χ3v) is 2.12. The van der Waals surface area contributed by atoms with Gasteiger partial charge in [-0.3, -0.25) is 4.55 Å². The van der Waals surface area contributed by atoms with Gasteiger partial charge in [0.2, 0.25) is 0 Å². The van der Waals surface area contributed by atoms with Gasteiger partial charge in [0.25, 0.3) is 0 Å². The Labute approximate surface area is 86.7 Å². The molecule has 0 aliphatic rings. The molecule has 0 amide bonds. The van der Waals surface area contributed by atoms with E-state index >= 15 is 0 Å². The largest absolute Gasteiger partial charge is 0.397 e. The van der Waals surface area contributed by atoms with Gasteiger partial charge in [-0.1, -0.05) is 0 Å². The lowest BCUT2D eigenvalue weighted by molar-refractivity contribution is -0.0720. The van der Waals surface area contributed by atoms with E-state index in [1.165, 1.54) is 0 Å². The molecule has 0 rings (SSSR count). The monoisotopic (exact) mass is 246 g/mol. The molecule has 8 nitrogen and oxygen atoms in total. The maximum absolute atomic E-state index is 10.3. The Kier molecular flexibility index (Phi) is 6.20. The Morgan fingerprint density at radius 2 is 1.73 bits per heavy atom. The summed E-state index contributed by atoms with van der Waals surface area (Å²) in [6.07, 6.45) is -5.09. The fraction of sp³-hybridized carbons (Fsp3) is 1.00. The zero-order valence-electron chi connectivity index (χ0n) is 7.72. The van der Waals surface area contributed by atoms with Gasteiger partial charge in [0, 0.05) is 6.61 Å². The van der Waals surface area contributed by atoms with Crippen LogP contribution in [0.5, 0.6) is 0 Å². The van der Waals surface area contributed by atoms with E-state index < -0.39 is 41.9 Å². The second-order valence-electron chi connectivity index (χ2n) is 2.82. The van der Waals surface area contributed by atoms with Crippen LogP contribution in [0.2, 0.25) is 0 Å². The van der Waals surface area contributed by atoms with Gasteiger partial charge < -0.3 is 20.4 Å². The molecule has 0 fully saturated rings. The van der Waals surface area contributed by atoms with E-state index in [-0.39, 0.29) is 6.42 Å². The van der Waals surface area contributed by atoms with Crippen LogP contribution in [0.1, 0.15) is 6.42 Å². The van der Waals surface area contributed by atoms with Crippen molar-refractivity contribution in [2.45, 2.75) is 24.7 Å². The van der Waals surface area contributed by atoms with Crippen LogP contribution in [0, 0.1) is 0 Å². The quantitative estimate of drug-likeness (QED) is 0.304. The first-order valence-corrected chi connectivity index (χ1v) is 5.42. The summed E-state index contributed by atoms with van der Waals surface area (Å²) in [7, 11) is -4.82. The average molecular weight is 246 g/mol. The molecule has 0 heterocycles. The lowest BCUT2D eigenvalue weighted by Gasteiger charge is -2.23. The molecule has 0 radical (unpaired) electrons. The highest BCUT2D eigenvalue weighted by Crippen LogP contribution is 2.09. The van der Waals surface area contributed by atoms with Crippen molar-refractivity contribution in [3.63, 3.8) is 0 Å². The molecule has 0 bridgehead atoms. The Bertz CT molecular complexity index is 262. The number of hydrogen-bond donors (Lipinski definition) is 5. The summed E-state index contributed by atoms with van der Waals surface area (Å²) in [6.45, 7) is -1.34. The third kappa shape index (κ3) is 5.99. The van der Waals surface area contributed by atoms with Crippen LogP contribution in [0.4, 0.5) is 0 Å². The Balaban J connectivity index is 4.40. The highest BCUT2D eigenvalue weighted by atomic mass is 32.3. The van der Waals surface area contributed by atoms with Crippen molar-refractivity contribution in [2.75, 3.05) is 13.2 Å². The normalized spacial score (nSPS) is 18.5. The Morgan fingerprint density at radius 3 is 2.07 bits per heavy atom. The topological polar surface area (TPSA) is 145 Å². The second-order valence-corrected chi connectivity index (χ2v) is 3.86. The van der Waals surface area contributed by atoms with Crippen molar-refractivity contribution in [1.29, 1.82) is 0 Å². The average Bonchev–Trinajstić information content (AvgIpc) is 2.12. The minimum atomic E-state index is -4.82. The van der Waals surface area contributed by atoms with Gasteiger partial charge in [-0.05, 0) is 6.42 Å². The van der Waals surface area contributed by atoms with Crippen LogP contribution < -0.4 is 0 Å². The van der Waals surface area contributed by atoms with Gasteiger partial charge in [-0.15, -0.1) is 0 Å². The van der Waals surface area contributed by atoms with Crippen LogP contribution in [0.15, 0.2) is 0 Å². The molecule has 0 spiro atoms. The standard InChI is InChI=1S/C6H14O8S/c7-2-1-4(9)6(10)5(3-8)14-15(11,12)13/h4-10H,1-3H2,(H,11,12,13). The molecule has 0 saturated heterocycles. The van der Waals surface area contributed by atoms with Crippen molar-refractivity contribution in [1.82, 2.24) is 0 Å². The van der Waals surface area contributed by atoms with Gasteiger partial charge in [0.05, 0.1) is 12.7 Å². The summed E-state index contributed by atoms with van der Waals surface area (Å²) in [6, 6.07) is 0. The van der Waals surface area contributed by atoms with Crippen molar-refractivity contribution in [3.8, 4) is 0 Å². The molecule has 3 atom stereocenters. The van der Waals surface area contributed by atoms with Crippen molar-refractivity contribution in [2.24, 2.45) is 0 Å². The summed E-state index contributed by atoms with van der Waals surface area (Å²) >= 11 is 0. The maximum Gasteiger partial charge on any atom is 0.397 e. The molecule has 3 unspecified atom stereocenters. The van der Waals surface area contributed by atoms with E-state index in [2.05, 4.69) is 4.18 Å². The highest BCUT2D eigenvalue weighted by Gasteiger charge is 2.29. The minimum Gasteiger partial charge on any atom is -0.396 e. The summed E-state index contributed by atoms with van der Waals surface area (Å²) in [4.78, 5) is 0. The van der Waals surface area contributed by atoms with E-state index in [9.17, 15) is 13.5 Å². The molecule has 9 heteroatoms. The first-order chi connectivity index (χ1) is 6.81. The number of rotatable bonds is 7. The molecule has 5 N–H and O–H groups in total. The van der Waals surface area contributed by atoms with Gasteiger partial charge in [0.15, 0.2) is 0 Å². The van der Waals surface area contributed by atoms with Crippen LogP contribution in [0.25, 0.3) is 0 Å². The fourth-order valence-corrected chi connectivity index (χ4v) is 1.39. The number of aliphatic hydroxyl groups excluding tert-OH is 4. The molecule has 0 aliphatic carbocycles. The van der Waals surface area contributed by atoms with Crippen molar-refractivity contribution >= 4 is 10.4 Å². The van der Waals surface area contributed by atoms with Crippen molar-refractivity contribution < 1.29 is 37.6 Å². The summed E-state index contributed by atoms with van der Waals surface area (Å²) in [5.74, 6) is 0. The van der Waals surface area contributed by atoms with Gasteiger partial charge in [0.1, 0.15) is 12.2 Å². The Morgan fingerprint density at radius 1 is 1.20 bits per heavy atom. The number of hydrogen-bond acceptors (Lipinski definition) is 7. The molecular weight excluding hydrogens is 232 g/mol. The second kappa shape index (κ2) is 6.33. The Hall–Kier alpha value is -0.290. The minimum absolute atomic E-state index is 0.216. The van der Waals surface area contributed by atoms with Crippen LogP contribution >= 0.6 is 0 Å². The SMILES string of the molecule is O=S(=O)(O)OC(CO)C(O)C(O)CCO. The molecule has 0 saturated carbocycles. The fourth-order valence-electron chi connectivity index (χ4n) is 0.902.